The molecule has 3 atom stereocenters. The first-order valence-electron chi connectivity index (χ1n) is 11.6. The Morgan fingerprint density at radius 2 is 2.09 bits per heavy atom. The van der Waals surface area contributed by atoms with Gasteiger partial charge in [-0.15, -0.1) is 0 Å². The first-order valence-corrected chi connectivity index (χ1v) is 11.6. The number of benzene rings is 1. The van der Waals surface area contributed by atoms with Crippen LogP contribution in [0.25, 0.3) is 0 Å². The average molecular weight is 485 g/mol. The number of rotatable bonds is 9. The topological polar surface area (TPSA) is 142 Å². The number of alkyl halides is 1. The van der Waals surface area contributed by atoms with Crippen LogP contribution in [0.4, 0.5) is 33.1 Å². The summed E-state index contributed by atoms with van der Waals surface area (Å²) in [5.41, 5.74) is 6.52. The van der Waals surface area contributed by atoms with Crippen LogP contribution in [0.15, 0.2) is 41.4 Å². The van der Waals surface area contributed by atoms with Crippen molar-refractivity contribution in [2.45, 2.75) is 32.1 Å². The number of piperidine rings is 1. The maximum atomic E-state index is 14.3. The molecule has 0 bridgehead atoms. The van der Waals surface area contributed by atoms with Crippen LogP contribution in [0, 0.1) is 16.0 Å². The molecule has 3 unspecified atom stereocenters. The molecule has 3 heterocycles. The zero-order chi connectivity index (χ0) is 24.9. The Labute approximate surface area is 202 Å². The summed E-state index contributed by atoms with van der Waals surface area (Å²) < 4.78 is 14.3. The second kappa shape index (κ2) is 10.6. The van der Waals surface area contributed by atoms with E-state index in [1.54, 1.807) is 30.3 Å². The number of nitrogens with one attached hydrogen (secondary N) is 2. The molecule has 1 amide bonds. The number of carbonyl (C=O) groups is 1. The lowest BCUT2D eigenvalue weighted by atomic mass is 9.94. The Morgan fingerprint density at radius 1 is 1.31 bits per heavy atom. The molecule has 4 N–H and O–H groups in total. The standard InChI is InChI=1S/C23H29FN8O3/c1-2-21(31-12-10-26-14-31)28-20-8-7-19(32(34)35)23(29-20)27-15-3-5-16(6-4-15)30-11-9-17(22(25)33)18(24)13-30/h3-8,10,17-18,21H,2,9,11-14H2,1H3,(H2,25,33)(H2,27,28,29). The molecule has 35 heavy (non-hydrogen) atoms. The lowest BCUT2D eigenvalue weighted by molar-refractivity contribution is -0.384. The summed E-state index contributed by atoms with van der Waals surface area (Å²) >= 11 is 0. The number of anilines is 4. The minimum atomic E-state index is -1.32. The maximum Gasteiger partial charge on any atom is 0.311 e. The fourth-order valence-electron chi connectivity index (χ4n) is 4.35. The molecule has 1 saturated heterocycles. The van der Waals surface area contributed by atoms with Crippen molar-refractivity contribution < 1.29 is 14.1 Å². The third-order valence-electron chi connectivity index (χ3n) is 6.32. The van der Waals surface area contributed by atoms with E-state index in [9.17, 15) is 19.3 Å². The van der Waals surface area contributed by atoms with Crippen molar-refractivity contribution in [2.75, 3.05) is 41.8 Å². The van der Waals surface area contributed by atoms with Gasteiger partial charge in [-0.1, -0.05) is 6.92 Å². The molecule has 2 aliphatic heterocycles. The number of amides is 1. The third-order valence-corrected chi connectivity index (χ3v) is 6.32. The summed E-state index contributed by atoms with van der Waals surface area (Å²) in [6.07, 6.45) is 1.70. The van der Waals surface area contributed by atoms with Crippen molar-refractivity contribution >= 4 is 40.8 Å². The van der Waals surface area contributed by atoms with Gasteiger partial charge in [-0.05, 0) is 43.2 Å². The van der Waals surface area contributed by atoms with E-state index in [4.69, 9.17) is 5.73 Å². The fraction of sp³-hybridized carbons (Fsp3) is 0.435. The number of pyridine rings is 1. The zero-order valence-electron chi connectivity index (χ0n) is 19.4. The zero-order valence-corrected chi connectivity index (χ0v) is 19.4. The molecule has 12 heteroatoms. The van der Waals surface area contributed by atoms with Crippen molar-refractivity contribution in [1.29, 1.82) is 0 Å². The lowest BCUT2D eigenvalue weighted by Gasteiger charge is -2.34. The molecule has 0 aliphatic carbocycles. The molecule has 4 rings (SSSR count). The number of nitrogens with zero attached hydrogens (tertiary/aromatic N) is 5. The number of carbonyl (C=O) groups excluding carboxylic acids is 1. The van der Waals surface area contributed by atoms with Gasteiger partial charge in [-0.2, -0.15) is 0 Å². The van der Waals surface area contributed by atoms with E-state index in [0.717, 1.165) is 18.7 Å². The van der Waals surface area contributed by atoms with E-state index in [-0.39, 0.29) is 24.2 Å². The van der Waals surface area contributed by atoms with Gasteiger partial charge in [-0.25, -0.2) is 9.37 Å². The number of hydrogen-bond acceptors (Lipinski definition) is 9. The molecule has 186 valence electrons. The third kappa shape index (κ3) is 5.65. The first kappa shape index (κ1) is 24.3. The van der Waals surface area contributed by atoms with E-state index >= 15 is 0 Å². The van der Waals surface area contributed by atoms with E-state index < -0.39 is 22.9 Å². The summed E-state index contributed by atoms with van der Waals surface area (Å²) in [5.74, 6) is -0.738. The van der Waals surface area contributed by atoms with Gasteiger partial charge in [0.2, 0.25) is 11.7 Å². The highest BCUT2D eigenvalue weighted by atomic mass is 19.1. The SMILES string of the molecule is CCC(Nc1ccc([N+](=O)[O-])c(Nc2ccc(N3CCC(C(N)=O)C(F)C3)cc2)n1)N1CC=NC1. The predicted molar refractivity (Wildman–Crippen MR) is 133 cm³/mol. The first-order chi connectivity index (χ1) is 16.9. The molecule has 0 radical (unpaired) electrons. The van der Waals surface area contributed by atoms with Crippen LogP contribution in [0.1, 0.15) is 19.8 Å². The minimum absolute atomic E-state index is 0.00313. The number of nitro groups is 1. The number of hydrogen-bond donors (Lipinski definition) is 3. The van der Waals surface area contributed by atoms with Gasteiger partial charge in [0.15, 0.2) is 0 Å². The number of nitrogens with two attached hydrogens (primary N) is 1. The predicted octanol–water partition coefficient (Wildman–Crippen LogP) is 2.88. The summed E-state index contributed by atoms with van der Waals surface area (Å²) in [6, 6.07) is 10.1. The van der Waals surface area contributed by atoms with E-state index in [1.165, 1.54) is 6.07 Å². The monoisotopic (exact) mass is 484 g/mol. The highest BCUT2D eigenvalue weighted by Gasteiger charge is 2.33. The Balaban J connectivity index is 1.47. The molecular formula is C23H29FN8O3. The Bertz CT molecular complexity index is 1090. The average Bonchev–Trinajstić information content (AvgIpc) is 3.37. The van der Waals surface area contributed by atoms with Gasteiger partial charge in [0.05, 0.1) is 23.7 Å². The van der Waals surface area contributed by atoms with Crippen LogP contribution in [-0.4, -0.2) is 65.6 Å². The van der Waals surface area contributed by atoms with E-state index in [0.29, 0.717) is 31.1 Å². The van der Waals surface area contributed by atoms with E-state index in [1.807, 2.05) is 18.0 Å². The van der Waals surface area contributed by atoms with Crippen LogP contribution >= 0.6 is 0 Å². The van der Waals surface area contributed by atoms with Gasteiger partial charge in [0, 0.05) is 43.3 Å². The van der Waals surface area contributed by atoms with Gasteiger partial charge in [-0.3, -0.25) is 24.8 Å². The number of primary amides is 1. The van der Waals surface area contributed by atoms with Crippen LogP contribution in [-0.2, 0) is 4.79 Å². The molecule has 2 aliphatic rings. The van der Waals surface area contributed by atoms with Crippen molar-refractivity contribution in [2.24, 2.45) is 16.6 Å². The number of aliphatic imine (C=N–C) groups is 1. The molecule has 11 nitrogen and oxygen atoms in total. The molecule has 2 aromatic rings. The van der Waals surface area contributed by atoms with Crippen LogP contribution in [0.2, 0.25) is 0 Å². The lowest BCUT2D eigenvalue weighted by Crippen LogP contribution is -2.46. The molecule has 1 aromatic heterocycles. The summed E-state index contributed by atoms with van der Waals surface area (Å²) in [6.45, 7) is 3.98. The van der Waals surface area contributed by atoms with Crippen LogP contribution < -0.4 is 21.3 Å². The highest BCUT2D eigenvalue weighted by molar-refractivity contribution is 5.78. The Morgan fingerprint density at radius 3 is 2.69 bits per heavy atom. The molecule has 1 fully saturated rings. The van der Waals surface area contributed by atoms with Crippen molar-refractivity contribution in [1.82, 2.24) is 9.88 Å². The highest BCUT2D eigenvalue weighted by Crippen LogP contribution is 2.30. The van der Waals surface area contributed by atoms with E-state index in [2.05, 4.69) is 25.5 Å². The van der Waals surface area contributed by atoms with Gasteiger partial charge >= 0.3 is 5.69 Å². The summed E-state index contributed by atoms with van der Waals surface area (Å²) in [4.78, 5) is 35.1. The quantitative estimate of drug-likeness (QED) is 0.364. The van der Waals surface area contributed by atoms with Gasteiger partial charge in [0.25, 0.3) is 0 Å². The molecule has 1 aromatic carbocycles. The van der Waals surface area contributed by atoms with Crippen molar-refractivity contribution in [3.05, 3.63) is 46.5 Å². The summed E-state index contributed by atoms with van der Waals surface area (Å²) in [5, 5.41) is 17.9. The Kier molecular flexibility index (Phi) is 7.39. The molecule has 0 saturated carbocycles. The maximum absolute atomic E-state index is 14.3. The molecular weight excluding hydrogens is 455 g/mol. The fourth-order valence-corrected chi connectivity index (χ4v) is 4.35. The number of aromatic nitrogens is 1. The number of halogens is 1. The minimum Gasteiger partial charge on any atom is -0.369 e. The van der Waals surface area contributed by atoms with Crippen molar-refractivity contribution in [3.8, 4) is 0 Å². The summed E-state index contributed by atoms with van der Waals surface area (Å²) in [7, 11) is 0. The second-order valence-electron chi connectivity index (χ2n) is 8.60. The second-order valence-corrected chi connectivity index (χ2v) is 8.60. The van der Waals surface area contributed by atoms with Gasteiger partial charge in [0.1, 0.15) is 12.0 Å². The Hall–Kier alpha value is -3.80. The van der Waals surface area contributed by atoms with Gasteiger partial charge < -0.3 is 21.3 Å². The normalized spacial score (nSPS) is 21.0. The van der Waals surface area contributed by atoms with Crippen LogP contribution in [0.3, 0.4) is 0 Å². The van der Waals surface area contributed by atoms with Crippen LogP contribution in [0.5, 0.6) is 0 Å². The largest absolute Gasteiger partial charge is 0.369 e. The molecule has 0 spiro atoms. The smallest absolute Gasteiger partial charge is 0.311 e. The van der Waals surface area contributed by atoms with Crippen molar-refractivity contribution in [3.63, 3.8) is 0 Å².